The number of hydrogen-bond acceptors (Lipinski definition) is 2. The van der Waals surface area contributed by atoms with Crippen LogP contribution >= 0.6 is 15.9 Å². The molecule has 0 bridgehead atoms. The van der Waals surface area contributed by atoms with Crippen LogP contribution < -0.4 is 5.32 Å². The van der Waals surface area contributed by atoms with Crippen LogP contribution in [-0.4, -0.2) is 31.1 Å². The third kappa shape index (κ3) is 4.55. The second kappa shape index (κ2) is 7.36. The van der Waals surface area contributed by atoms with Crippen molar-refractivity contribution >= 4 is 15.9 Å². The summed E-state index contributed by atoms with van der Waals surface area (Å²) in [5, 5.41) is 3.39. The zero-order valence-electron chi connectivity index (χ0n) is 11.5. The van der Waals surface area contributed by atoms with Crippen molar-refractivity contribution in [2.45, 2.75) is 26.3 Å². The van der Waals surface area contributed by atoms with Crippen molar-refractivity contribution in [1.82, 2.24) is 10.2 Å². The average molecular weight is 329 g/mol. The van der Waals surface area contributed by atoms with Gasteiger partial charge in [-0.15, -0.1) is 0 Å². The number of benzene rings is 1. The molecule has 0 atom stereocenters. The maximum atomic E-state index is 13.8. The van der Waals surface area contributed by atoms with Crippen LogP contribution in [0.25, 0.3) is 0 Å². The summed E-state index contributed by atoms with van der Waals surface area (Å²) >= 11 is 3.41. The Balaban J connectivity index is 1.95. The van der Waals surface area contributed by atoms with Gasteiger partial charge in [-0.05, 0) is 56.6 Å². The lowest BCUT2D eigenvalue weighted by Crippen LogP contribution is -2.36. The molecule has 4 heteroatoms. The van der Waals surface area contributed by atoms with Crippen LogP contribution in [0.15, 0.2) is 22.7 Å². The molecule has 2 rings (SSSR count). The molecule has 1 saturated heterocycles. The van der Waals surface area contributed by atoms with Crippen LogP contribution in [0.3, 0.4) is 0 Å². The number of nitrogens with one attached hydrogen (secondary N) is 1. The standard InChI is InChI=1S/C15H22BrFN2/c1-2-19(10-12-5-7-18-8-6-12)11-13-9-14(16)3-4-15(13)17/h3-4,9,12,18H,2,5-8,10-11H2,1H3. The Morgan fingerprint density at radius 2 is 2.11 bits per heavy atom. The normalized spacial score (nSPS) is 17.1. The molecule has 0 amide bonds. The van der Waals surface area contributed by atoms with Gasteiger partial charge in [-0.2, -0.15) is 0 Å². The summed E-state index contributed by atoms with van der Waals surface area (Å²) in [6.07, 6.45) is 2.47. The summed E-state index contributed by atoms with van der Waals surface area (Å²) in [4.78, 5) is 2.35. The largest absolute Gasteiger partial charge is 0.317 e. The van der Waals surface area contributed by atoms with Gasteiger partial charge in [-0.25, -0.2) is 4.39 Å². The molecule has 1 aromatic carbocycles. The Bertz CT molecular complexity index is 405. The maximum absolute atomic E-state index is 13.8. The van der Waals surface area contributed by atoms with Gasteiger partial charge in [0.1, 0.15) is 5.82 Å². The number of piperidine rings is 1. The van der Waals surface area contributed by atoms with Crippen LogP contribution in [0.4, 0.5) is 4.39 Å². The minimum atomic E-state index is -0.105. The molecule has 1 fully saturated rings. The first-order valence-corrected chi connectivity index (χ1v) is 7.85. The van der Waals surface area contributed by atoms with Gasteiger partial charge in [0, 0.05) is 23.1 Å². The van der Waals surface area contributed by atoms with Crippen LogP contribution in [0, 0.1) is 11.7 Å². The Hall–Kier alpha value is -0.450. The van der Waals surface area contributed by atoms with E-state index in [-0.39, 0.29) is 5.82 Å². The van der Waals surface area contributed by atoms with Crippen molar-refractivity contribution in [1.29, 1.82) is 0 Å². The van der Waals surface area contributed by atoms with E-state index in [1.54, 1.807) is 6.07 Å². The summed E-state index contributed by atoms with van der Waals surface area (Å²) in [7, 11) is 0. The van der Waals surface area contributed by atoms with E-state index in [0.717, 1.165) is 42.1 Å². The van der Waals surface area contributed by atoms with Gasteiger partial charge >= 0.3 is 0 Å². The van der Waals surface area contributed by atoms with Gasteiger partial charge in [0.15, 0.2) is 0 Å². The summed E-state index contributed by atoms with van der Waals surface area (Å²) in [5.74, 6) is 0.642. The molecule has 1 N–H and O–H groups in total. The van der Waals surface area contributed by atoms with Crippen LogP contribution in [0.5, 0.6) is 0 Å². The van der Waals surface area contributed by atoms with Crippen LogP contribution in [0.1, 0.15) is 25.3 Å². The lowest BCUT2D eigenvalue weighted by atomic mass is 9.97. The average Bonchev–Trinajstić information content (AvgIpc) is 2.43. The highest BCUT2D eigenvalue weighted by molar-refractivity contribution is 9.10. The predicted octanol–water partition coefficient (Wildman–Crippen LogP) is 3.41. The Morgan fingerprint density at radius 3 is 2.79 bits per heavy atom. The van der Waals surface area contributed by atoms with E-state index in [1.807, 2.05) is 6.07 Å². The molecule has 1 aliphatic rings. The fourth-order valence-corrected chi connectivity index (χ4v) is 3.05. The van der Waals surface area contributed by atoms with Crippen molar-refractivity contribution < 1.29 is 4.39 Å². The molecule has 1 aromatic rings. The first-order valence-electron chi connectivity index (χ1n) is 7.06. The summed E-state index contributed by atoms with van der Waals surface area (Å²) in [6.45, 7) is 7.13. The van der Waals surface area contributed by atoms with E-state index in [9.17, 15) is 4.39 Å². The molecule has 1 heterocycles. The molecule has 2 nitrogen and oxygen atoms in total. The van der Waals surface area contributed by atoms with Crippen molar-refractivity contribution in [2.24, 2.45) is 5.92 Å². The van der Waals surface area contributed by atoms with Crippen LogP contribution in [0.2, 0.25) is 0 Å². The molecule has 0 radical (unpaired) electrons. The fraction of sp³-hybridized carbons (Fsp3) is 0.600. The summed E-state index contributed by atoms with van der Waals surface area (Å²) < 4.78 is 14.7. The minimum Gasteiger partial charge on any atom is -0.317 e. The van der Waals surface area contributed by atoms with E-state index >= 15 is 0 Å². The highest BCUT2D eigenvalue weighted by atomic mass is 79.9. The summed E-state index contributed by atoms with van der Waals surface area (Å²) in [5.41, 5.74) is 0.783. The van der Waals surface area contributed by atoms with Crippen molar-refractivity contribution in [3.63, 3.8) is 0 Å². The molecule has 106 valence electrons. The van der Waals surface area contributed by atoms with Gasteiger partial charge in [0.2, 0.25) is 0 Å². The number of rotatable bonds is 5. The quantitative estimate of drug-likeness (QED) is 0.891. The Kier molecular flexibility index (Phi) is 5.79. The molecule has 0 saturated carbocycles. The fourth-order valence-electron chi connectivity index (χ4n) is 2.64. The van der Waals surface area contributed by atoms with Gasteiger partial charge in [-0.1, -0.05) is 22.9 Å². The first-order chi connectivity index (χ1) is 9.19. The highest BCUT2D eigenvalue weighted by Gasteiger charge is 2.17. The number of halogens is 2. The van der Waals surface area contributed by atoms with Gasteiger partial charge in [-0.3, -0.25) is 4.90 Å². The SMILES string of the molecule is CCN(Cc1cc(Br)ccc1F)CC1CCNCC1. The molecule has 1 aliphatic heterocycles. The molecular weight excluding hydrogens is 307 g/mol. The third-order valence-electron chi connectivity index (χ3n) is 3.82. The van der Waals surface area contributed by atoms with E-state index < -0.39 is 0 Å². The predicted molar refractivity (Wildman–Crippen MR) is 80.6 cm³/mol. The monoisotopic (exact) mass is 328 g/mol. The summed E-state index contributed by atoms with van der Waals surface area (Å²) in [6, 6.07) is 5.18. The molecule has 0 spiro atoms. The maximum Gasteiger partial charge on any atom is 0.127 e. The minimum absolute atomic E-state index is 0.105. The second-order valence-corrected chi connectivity index (χ2v) is 6.17. The topological polar surface area (TPSA) is 15.3 Å². The van der Waals surface area contributed by atoms with Crippen molar-refractivity contribution in [3.05, 3.63) is 34.1 Å². The second-order valence-electron chi connectivity index (χ2n) is 5.26. The van der Waals surface area contributed by atoms with E-state index in [1.165, 1.54) is 18.9 Å². The van der Waals surface area contributed by atoms with Gasteiger partial charge in [0.25, 0.3) is 0 Å². The lowest BCUT2D eigenvalue weighted by molar-refractivity contribution is 0.205. The Morgan fingerprint density at radius 1 is 1.37 bits per heavy atom. The van der Waals surface area contributed by atoms with Gasteiger partial charge < -0.3 is 5.32 Å². The van der Waals surface area contributed by atoms with E-state index in [0.29, 0.717) is 6.54 Å². The molecule has 0 aromatic heterocycles. The van der Waals surface area contributed by atoms with Crippen molar-refractivity contribution in [3.8, 4) is 0 Å². The highest BCUT2D eigenvalue weighted by Crippen LogP contribution is 2.19. The van der Waals surface area contributed by atoms with E-state index in [2.05, 4.69) is 33.1 Å². The molecule has 0 unspecified atom stereocenters. The lowest BCUT2D eigenvalue weighted by Gasteiger charge is -2.29. The smallest absolute Gasteiger partial charge is 0.127 e. The molecule has 19 heavy (non-hydrogen) atoms. The zero-order valence-corrected chi connectivity index (χ0v) is 13.0. The number of hydrogen-bond donors (Lipinski definition) is 1. The van der Waals surface area contributed by atoms with Gasteiger partial charge in [0.05, 0.1) is 0 Å². The molecule has 0 aliphatic carbocycles. The zero-order chi connectivity index (χ0) is 13.7. The Labute approximate surface area is 123 Å². The molecular formula is C15H22BrFN2. The van der Waals surface area contributed by atoms with Crippen LogP contribution in [-0.2, 0) is 6.54 Å². The van der Waals surface area contributed by atoms with Crippen molar-refractivity contribution in [2.75, 3.05) is 26.2 Å². The first kappa shape index (κ1) is 14.9. The third-order valence-corrected chi connectivity index (χ3v) is 4.32. The van der Waals surface area contributed by atoms with E-state index in [4.69, 9.17) is 0 Å². The number of nitrogens with zero attached hydrogens (tertiary/aromatic N) is 1.